The summed E-state index contributed by atoms with van der Waals surface area (Å²) in [6.45, 7) is 2.09. The predicted molar refractivity (Wildman–Crippen MR) is 76.6 cm³/mol. The summed E-state index contributed by atoms with van der Waals surface area (Å²) < 4.78 is 0. The van der Waals surface area contributed by atoms with Gasteiger partial charge in [-0.05, 0) is 30.2 Å². The number of amidine groups is 1. The van der Waals surface area contributed by atoms with Crippen LogP contribution in [0.3, 0.4) is 0 Å². The smallest absolute Gasteiger partial charge is 0.133 e. The molecule has 2 heterocycles. The van der Waals surface area contributed by atoms with Crippen LogP contribution < -0.4 is 11.1 Å². The quantitative estimate of drug-likeness (QED) is 0.860. The molecule has 0 saturated heterocycles. The molecule has 0 saturated carbocycles. The van der Waals surface area contributed by atoms with Crippen LogP contribution in [0.15, 0.2) is 46.1 Å². The van der Waals surface area contributed by atoms with Gasteiger partial charge in [0.25, 0.3) is 0 Å². The zero-order chi connectivity index (χ0) is 13.0. The third kappa shape index (κ3) is 3.34. The molecule has 0 amide bonds. The molecule has 1 aromatic rings. The fourth-order valence-corrected chi connectivity index (χ4v) is 1.87. The highest BCUT2D eigenvalue weighted by molar-refractivity contribution is 6.32. The van der Waals surface area contributed by atoms with E-state index in [9.17, 15) is 0 Å². The van der Waals surface area contributed by atoms with Crippen molar-refractivity contribution in [1.82, 2.24) is 4.98 Å². The van der Waals surface area contributed by atoms with Crippen LogP contribution in [-0.2, 0) is 0 Å². The summed E-state index contributed by atoms with van der Waals surface area (Å²) in [6, 6.07) is 5.40. The minimum absolute atomic E-state index is 0.467. The van der Waals surface area contributed by atoms with Gasteiger partial charge in [-0.25, -0.2) is 9.98 Å². The lowest BCUT2D eigenvalue weighted by Gasteiger charge is -2.05. The number of pyridine rings is 1. The minimum atomic E-state index is 0.467. The Morgan fingerprint density at radius 2 is 2.28 bits per heavy atom. The van der Waals surface area contributed by atoms with Crippen molar-refractivity contribution in [3.63, 3.8) is 0 Å². The highest BCUT2D eigenvalue weighted by Crippen LogP contribution is 2.20. The number of rotatable bonds is 2. The molecule has 18 heavy (non-hydrogen) atoms. The molecule has 1 aliphatic heterocycles. The Hall–Kier alpha value is -1.81. The van der Waals surface area contributed by atoms with Crippen molar-refractivity contribution in [2.45, 2.75) is 19.8 Å². The summed E-state index contributed by atoms with van der Waals surface area (Å²) in [6.07, 6.45) is 5.35. The summed E-state index contributed by atoms with van der Waals surface area (Å²) in [7, 11) is 0. The molecular weight excluding hydrogens is 248 g/mol. The molecule has 0 unspecified atom stereocenters. The van der Waals surface area contributed by atoms with Gasteiger partial charge >= 0.3 is 0 Å². The summed E-state index contributed by atoms with van der Waals surface area (Å²) in [4.78, 5) is 8.51. The van der Waals surface area contributed by atoms with Gasteiger partial charge in [0.05, 0.1) is 0 Å². The largest absolute Gasteiger partial charge is 0.384 e. The molecular formula is C13H15ClN4. The average molecular weight is 263 g/mol. The van der Waals surface area contributed by atoms with Crippen molar-refractivity contribution in [3.05, 3.63) is 41.1 Å². The van der Waals surface area contributed by atoms with Gasteiger partial charge in [0.2, 0.25) is 0 Å². The van der Waals surface area contributed by atoms with Crippen LogP contribution >= 0.6 is 11.6 Å². The molecule has 0 aromatic carbocycles. The van der Waals surface area contributed by atoms with Gasteiger partial charge in [-0.1, -0.05) is 24.6 Å². The number of nitrogens with zero attached hydrogens (tertiary/aromatic N) is 2. The van der Waals surface area contributed by atoms with Gasteiger partial charge in [-0.2, -0.15) is 0 Å². The lowest BCUT2D eigenvalue weighted by molar-refractivity contribution is 1.02. The molecule has 4 nitrogen and oxygen atoms in total. The van der Waals surface area contributed by atoms with E-state index in [1.165, 1.54) is 5.57 Å². The Balaban J connectivity index is 2.20. The van der Waals surface area contributed by atoms with E-state index in [0.29, 0.717) is 17.5 Å². The second-order valence-corrected chi connectivity index (χ2v) is 4.48. The fourth-order valence-electron chi connectivity index (χ4n) is 1.60. The number of nitrogens with two attached hydrogens (primary N) is 1. The minimum Gasteiger partial charge on any atom is -0.384 e. The van der Waals surface area contributed by atoms with Crippen molar-refractivity contribution >= 4 is 29.1 Å². The van der Waals surface area contributed by atoms with Crippen molar-refractivity contribution in [2.24, 2.45) is 4.99 Å². The van der Waals surface area contributed by atoms with Crippen LogP contribution in [0.4, 0.5) is 11.6 Å². The molecule has 0 fully saturated rings. The maximum atomic E-state index is 6.14. The Morgan fingerprint density at radius 1 is 1.44 bits per heavy atom. The zero-order valence-corrected chi connectivity index (χ0v) is 10.9. The number of nitrogen functional groups attached to an aromatic ring is 1. The topological polar surface area (TPSA) is 63.3 Å². The van der Waals surface area contributed by atoms with E-state index in [4.69, 9.17) is 17.3 Å². The summed E-state index contributed by atoms with van der Waals surface area (Å²) >= 11 is 6.14. The first kappa shape index (κ1) is 12.6. The number of halogens is 1. The molecule has 0 atom stereocenters. The molecule has 0 spiro atoms. The van der Waals surface area contributed by atoms with Gasteiger partial charge in [-0.3, -0.25) is 0 Å². The lowest BCUT2D eigenvalue weighted by atomic mass is 10.1. The zero-order valence-electron chi connectivity index (χ0n) is 10.2. The van der Waals surface area contributed by atoms with E-state index < -0.39 is 0 Å². The van der Waals surface area contributed by atoms with Crippen LogP contribution in [0.2, 0.25) is 0 Å². The monoisotopic (exact) mass is 262 g/mol. The van der Waals surface area contributed by atoms with E-state index in [2.05, 4.69) is 22.2 Å². The normalized spacial score (nSPS) is 15.3. The van der Waals surface area contributed by atoms with Crippen LogP contribution in [0.5, 0.6) is 0 Å². The number of anilines is 2. The predicted octanol–water partition coefficient (Wildman–Crippen LogP) is 3.29. The first-order valence-corrected chi connectivity index (χ1v) is 6.16. The lowest BCUT2D eigenvalue weighted by Crippen LogP contribution is -2.10. The molecule has 2 rings (SSSR count). The molecule has 1 aromatic heterocycles. The van der Waals surface area contributed by atoms with Gasteiger partial charge in [0.15, 0.2) is 0 Å². The third-order valence-electron chi connectivity index (χ3n) is 2.56. The fraction of sp³-hybridized carbons (Fsp3) is 0.231. The maximum Gasteiger partial charge on any atom is 0.133 e. The molecule has 0 bridgehead atoms. The molecule has 1 aliphatic rings. The molecule has 0 radical (unpaired) electrons. The second kappa shape index (κ2) is 5.69. The highest BCUT2D eigenvalue weighted by Gasteiger charge is 2.06. The Labute approximate surface area is 111 Å². The first-order valence-electron chi connectivity index (χ1n) is 5.78. The Kier molecular flexibility index (Phi) is 3.99. The molecule has 3 N–H and O–H groups in total. The van der Waals surface area contributed by atoms with E-state index in [1.807, 2.05) is 24.4 Å². The van der Waals surface area contributed by atoms with E-state index in [-0.39, 0.29) is 0 Å². The Bertz CT molecular complexity index is 532. The summed E-state index contributed by atoms with van der Waals surface area (Å²) in [5, 5.41) is 3.85. The third-order valence-corrected chi connectivity index (χ3v) is 2.80. The first-order chi connectivity index (χ1) is 8.67. The van der Waals surface area contributed by atoms with Gasteiger partial charge < -0.3 is 11.1 Å². The molecule has 94 valence electrons. The number of nitrogens with one attached hydrogen (secondary N) is 1. The van der Waals surface area contributed by atoms with Gasteiger partial charge in [-0.15, -0.1) is 0 Å². The summed E-state index contributed by atoms with van der Waals surface area (Å²) in [5.74, 6) is 1.79. The van der Waals surface area contributed by atoms with Crippen LogP contribution in [-0.4, -0.2) is 10.8 Å². The van der Waals surface area contributed by atoms with E-state index in [0.717, 1.165) is 17.9 Å². The number of hydrogen-bond acceptors (Lipinski definition) is 4. The van der Waals surface area contributed by atoms with Crippen LogP contribution in [0, 0.1) is 0 Å². The van der Waals surface area contributed by atoms with Crippen molar-refractivity contribution < 1.29 is 0 Å². The number of allylic oxidation sites excluding steroid dienone is 2. The Morgan fingerprint density at radius 3 is 3.00 bits per heavy atom. The SMILES string of the molecule is CCC1=CN=C(Nc2cccc(N)n2)C=C(Cl)C1. The van der Waals surface area contributed by atoms with Crippen molar-refractivity contribution in [2.75, 3.05) is 11.1 Å². The number of aliphatic imine (C=N–C) groups is 1. The van der Waals surface area contributed by atoms with Gasteiger partial charge in [0, 0.05) is 17.7 Å². The van der Waals surface area contributed by atoms with Crippen LogP contribution in [0.25, 0.3) is 0 Å². The number of hydrogen-bond donors (Lipinski definition) is 2. The standard InChI is InChI=1S/C13H15ClN4/c1-2-9-6-10(14)7-13(16-8-9)18-12-5-3-4-11(15)17-12/h3-5,7-8H,2,6H2,1H3,(H3,15,16,17,18). The maximum absolute atomic E-state index is 6.14. The van der Waals surface area contributed by atoms with E-state index >= 15 is 0 Å². The molecule has 0 aliphatic carbocycles. The van der Waals surface area contributed by atoms with Crippen molar-refractivity contribution in [1.29, 1.82) is 0 Å². The molecule has 5 heteroatoms. The van der Waals surface area contributed by atoms with Crippen LogP contribution in [0.1, 0.15) is 19.8 Å². The highest BCUT2D eigenvalue weighted by atomic mass is 35.5. The van der Waals surface area contributed by atoms with Gasteiger partial charge in [0.1, 0.15) is 17.5 Å². The second-order valence-electron chi connectivity index (χ2n) is 4.00. The summed E-state index contributed by atoms with van der Waals surface area (Å²) in [5.41, 5.74) is 6.82. The number of aromatic nitrogens is 1. The average Bonchev–Trinajstić information content (AvgIpc) is 2.50. The van der Waals surface area contributed by atoms with E-state index in [1.54, 1.807) is 6.07 Å². The van der Waals surface area contributed by atoms with Crippen molar-refractivity contribution in [3.8, 4) is 0 Å².